The highest BCUT2D eigenvalue weighted by molar-refractivity contribution is 4.84. The maximum absolute atomic E-state index is 9.70. The van der Waals surface area contributed by atoms with Crippen molar-refractivity contribution >= 4 is 0 Å². The van der Waals surface area contributed by atoms with Gasteiger partial charge in [0.1, 0.15) is 6.10 Å². The summed E-state index contributed by atoms with van der Waals surface area (Å²) in [6.45, 7) is 8.14. The van der Waals surface area contributed by atoms with Gasteiger partial charge < -0.3 is 14.6 Å². The Balaban J connectivity index is 2.50. The van der Waals surface area contributed by atoms with Crippen molar-refractivity contribution in [2.24, 2.45) is 0 Å². The molecule has 14 heavy (non-hydrogen) atoms. The van der Waals surface area contributed by atoms with Crippen molar-refractivity contribution in [3.05, 3.63) is 12.7 Å². The largest absolute Gasteiger partial charge is 0.390 e. The Labute approximate surface area is 85.7 Å². The molecule has 0 aliphatic carbocycles. The number of ether oxygens (including phenoxy) is 2. The maximum atomic E-state index is 9.70. The van der Waals surface area contributed by atoms with Crippen LogP contribution in [-0.2, 0) is 9.47 Å². The van der Waals surface area contributed by atoms with Crippen molar-refractivity contribution in [1.29, 1.82) is 0 Å². The minimum absolute atomic E-state index is 0.201. The fourth-order valence-corrected chi connectivity index (χ4v) is 1.71. The van der Waals surface area contributed by atoms with Crippen molar-refractivity contribution in [2.75, 3.05) is 6.61 Å². The van der Waals surface area contributed by atoms with Crippen molar-refractivity contribution in [2.45, 2.75) is 51.1 Å². The molecule has 3 nitrogen and oxygen atoms in total. The Bertz CT molecular complexity index is 187. The Morgan fingerprint density at radius 2 is 2.21 bits per heavy atom. The first-order chi connectivity index (χ1) is 6.67. The minimum Gasteiger partial charge on any atom is -0.390 e. The molecule has 0 bridgehead atoms. The molecule has 0 radical (unpaired) electrons. The number of rotatable bonds is 5. The summed E-state index contributed by atoms with van der Waals surface area (Å²) in [4.78, 5) is 0. The lowest BCUT2D eigenvalue weighted by Crippen LogP contribution is -2.33. The van der Waals surface area contributed by atoms with Crippen LogP contribution >= 0.6 is 0 Å². The van der Waals surface area contributed by atoms with Crippen molar-refractivity contribution in [3.63, 3.8) is 0 Å². The lowest BCUT2D eigenvalue weighted by atomic mass is 10.1. The fourth-order valence-electron chi connectivity index (χ4n) is 1.71. The van der Waals surface area contributed by atoms with Crippen LogP contribution in [0.25, 0.3) is 0 Å². The predicted octanol–water partition coefficient (Wildman–Crippen LogP) is 1.86. The van der Waals surface area contributed by atoms with Crippen molar-refractivity contribution in [3.8, 4) is 0 Å². The maximum Gasteiger partial charge on any atom is 0.168 e. The van der Waals surface area contributed by atoms with E-state index in [1.807, 2.05) is 13.8 Å². The number of aliphatic hydroxyl groups excluding tert-OH is 1. The van der Waals surface area contributed by atoms with Crippen LogP contribution in [-0.4, -0.2) is 29.7 Å². The highest BCUT2D eigenvalue weighted by atomic mass is 16.7. The van der Waals surface area contributed by atoms with E-state index in [1.54, 1.807) is 6.08 Å². The Hall–Kier alpha value is -0.380. The highest BCUT2D eigenvalue weighted by Crippen LogP contribution is 2.31. The first-order valence-corrected chi connectivity index (χ1v) is 5.28. The number of aliphatic hydroxyl groups is 1. The predicted molar refractivity (Wildman–Crippen MR) is 55.0 cm³/mol. The molecule has 0 aromatic heterocycles. The monoisotopic (exact) mass is 200 g/mol. The lowest BCUT2D eigenvalue weighted by molar-refractivity contribution is -0.181. The average Bonchev–Trinajstić information content (AvgIpc) is 2.63. The zero-order valence-electron chi connectivity index (χ0n) is 9.03. The van der Waals surface area contributed by atoms with Gasteiger partial charge in [-0.05, 0) is 19.3 Å². The van der Waals surface area contributed by atoms with Crippen LogP contribution in [0.2, 0.25) is 0 Å². The smallest absolute Gasteiger partial charge is 0.168 e. The Morgan fingerprint density at radius 3 is 2.64 bits per heavy atom. The molecule has 1 aliphatic heterocycles. The second kappa shape index (κ2) is 4.91. The first kappa shape index (κ1) is 11.7. The standard InChI is InChI=1S/C11H20O3/c1-4-7-9(12)10-8-13-11(5-2,6-3)14-10/h4,9-10,12H,1,5-8H2,2-3H3/t9-,10+/m0/s1. The molecule has 3 heteroatoms. The summed E-state index contributed by atoms with van der Waals surface area (Å²) in [5.74, 6) is -0.465. The summed E-state index contributed by atoms with van der Waals surface area (Å²) in [6, 6.07) is 0. The second-order valence-corrected chi connectivity index (χ2v) is 3.68. The van der Waals surface area contributed by atoms with Crippen LogP contribution in [0.3, 0.4) is 0 Å². The van der Waals surface area contributed by atoms with E-state index in [0.29, 0.717) is 13.0 Å². The number of hydrogen-bond donors (Lipinski definition) is 1. The molecule has 0 saturated carbocycles. The summed E-state index contributed by atoms with van der Waals surface area (Å²) < 4.78 is 11.3. The van der Waals surface area contributed by atoms with E-state index in [1.165, 1.54) is 0 Å². The molecule has 1 saturated heterocycles. The molecule has 0 amide bonds. The van der Waals surface area contributed by atoms with Gasteiger partial charge in [0, 0.05) is 0 Å². The molecule has 0 aromatic rings. The first-order valence-electron chi connectivity index (χ1n) is 5.28. The zero-order chi connectivity index (χ0) is 10.6. The molecular formula is C11H20O3. The third kappa shape index (κ3) is 2.35. The van der Waals surface area contributed by atoms with E-state index in [2.05, 4.69) is 6.58 Å². The van der Waals surface area contributed by atoms with E-state index in [-0.39, 0.29) is 6.10 Å². The molecule has 0 aromatic carbocycles. The molecule has 1 fully saturated rings. The molecule has 0 spiro atoms. The van der Waals surface area contributed by atoms with Gasteiger partial charge in [0.05, 0.1) is 12.7 Å². The van der Waals surface area contributed by atoms with E-state index in [0.717, 1.165) is 12.8 Å². The van der Waals surface area contributed by atoms with Gasteiger partial charge in [0.15, 0.2) is 5.79 Å². The SMILES string of the molecule is C=CC[C@H](O)[C@H]1COC(CC)(CC)O1. The van der Waals surface area contributed by atoms with Gasteiger partial charge >= 0.3 is 0 Å². The van der Waals surface area contributed by atoms with Crippen LogP contribution < -0.4 is 0 Å². The lowest BCUT2D eigenvalue weighted by Gasteiger charge is -2.25. The van der Waals surface area contributed by atoms with Crippen LogP contribution in [0, 0.1) is 0 Å². The normalized spacial score (nSPS) is 27.5. The van der Waals surface area contributed by atoms with Crippen LogP contribution in [0.4, 0.5) is 0 Å². The molecule has 2 atom stereocenters. The summed E-state index contributed by atoms with van der Waals surface area (Å²) in [5, 5.41) is 9.70. The van der Waals surface area contributed by atoms with E-state index in [4.69, 9.17) is 9.47 Å². The van der Waals surface area contributed by atoms with Crippen LogP contribution in [0.5, 0.6) is 0 Å². The summed E-state index contributed by atoms with van der Waals surface area (Å²) in [5.41, 5.74) is 0. The van der Waals surface area contributed by atoms with Gasteiger partial charge in [-0.15, -0.1) is 6.58 Å². The second-order valence-electron chi connectivity index (χ2n) is 3.68. The van der Waals surface area contributed by atoms with Gasteiger partial charge in [0.25, 0.3) is 0 Å². The zero-order valence-corrected chi connectivity index (χ0v) is 9.03. The van der Waals surface area contributed by atoms with E-state index in [9.17, 15) is 5.11 Å². The van der Waals surface area contributed by atoms with Gasteiger partial charge in [-0.3, -0.25) is 0 Å². The number of hydrogen-bond acceptors (Lipinski definition) is 3. The molecule has 1 aliphatic rings. The Morgan fingerprint density at radius 1 is 1.57 bits per heavy atom. The Kier molecular flexibility index (Phi) is 4.11. The molecule has 1 rings (SSSR count). The van der Waals surface area contributed by atoms with Gasteiger partial charge in [-0.1, -0.05) is 19.9 Å². The molecule has 1 heterocycles. The van der Waals surface area contributed by atoms with Crippen LogP contribution in [0.15, 0.2) is 12.7 Å². The summed E-state index contributed by atoms with van der Waals surface area (Å²) >= 11 is 0. The molecule has 1 N–H and O–H groups in total. The quantitative estimate of drug-likeness (QED) is 0.688. The average molecular weight is 200 g/mol. The van der Waals surface area contributed by atoms with Crippen molar-refractivity contribution in [1.82, 2.24) is 0 Å². The molecular weight excluding hydrogens is 180 g/mol. The van der Waals surface area contributed by atoms with Gasteiger partial charge in [-0.25, -0.2) is 0 Å². The van der Waals surface area contributed by atoms with Crippen molar-refractivity contribution < 1.29 is 14.6 Å². The molecule has 82 valence electrons. The van der Waals surface area contributed by atoms with Gasteiger partial charge in [0.2, 0.25) is 0 Å². The summed E-state index contributed by atoms with van der Waals surface area (Å²) in [7, 11) is 0. The summed E-state index contributed by atoms with van der Waals surface area (Å²) in [6.07, 6.45) is 3.20. The third-order valence-corrected chi connectivity index (χ3v) is 2.79. The minimum atomic E-state index is -0.493. The van der Waals surface area contributed by atoms with E-state index >= 15 is 0 Å². The third-order valence-electron chi connectivity index (χ3n) is 2.79. The van der Waals surface area contributed by atoms with E-state index < -0.39 is 11.9 Å². The molecule has 0 unspecified atom stereocenters. The highest BCUT2D eigenvalue weighted by Gasteiger charge is 2.40. The fraction of sp³-hybridized carbons (Fsp3) is 0.818. The van der Waals surface area contributed by atoms with Gasteiger partial charge in [-0.2, -0.15) is 0 Å². The van der Waals surface area contributed by atoms with Crippen LogP contribution in [0.1, 0.15) is 33.1 Å². The topological polar surface area (TPSA) is 38.7 Å².